The first-order valence-electron chi connectivity index (χ1n) is 3.99. The van der Waals surface area contributed by atoms with Gasteiger partial charge in [-0.05, 0) is 44.0 Å². The molecule has 0 radical (unpaired) electrons. The molecule has 70 valence electrons. The van der Waals surface area contributed by atoms with E-state index in [9.17, 15) is 4.79 Å². The zero-order valence-corrected chi connectivity index (χ0v) is 9.99. The lowest BCUT2D eigenvalue weighted by atomic mass is 10.2. The summed E-state index contributed by atoms with van der Waals surface area (Å²) in [6.07, 6.45) is 0. The lowest BCUT2D eigenvalue weighted by Gasteiger charge is -1.89. The lowest BCUT2D eigenvalue weighted by Crippen LogP contribution is -1.91. The summed E-state index contributed by atoms with van der Waals surface area (Å²) in [6.45, 7) is 0. The van der Waals surface area contributed by atoms with E-state index in [0.29, 0.717) is 0 Å². The van der Waals surface area contributed by atoms with Gasteiger partial charge in [-0.15, -0.1) is 0 Å². The van der Waals surface area contributed by atoms with Gasteiger partial charge in [0, 0.05) is 0 Å². The van der Waals surface area contributed by atoms with Crippen LogP contribution in [0.5, 0.6) is 0 Å². The fourth-order valence-electron chi connectivity index (χ4n) is 1.74. The summed E-state index contributed by atoms with van der Waals surface area (Å²) in [6, 6.07) is 3.61. The van der Waals surface area contributed by atoms with Gasteiger partial charge in [0.05, 0.1) is 31.7 Å². The van der Waals surface area contributed by atoms with Gasteiger partial charge in [0.15, 0.2) is 5.78 Å². The van der Waals surface area contributed by atoms with E-state index in [1.54, 1.807) is 12.1 Å². The molecular formula is C9H4Br2N2O. The Balaban J connectivity index is 2.37. The molecule has 2 aromatic rings. The normalized spacial score (nSPS) is 13.1. The van der Waals surface area contributed by atoms with Crippen molar-refractivity contribution in [3.8, 4) is 11.4 Å². The van der Waals surface area contributed by atoms with E-state index in [1.807, 2.05) is 0 Å². The molecule has 2 N–H and O–H groups in total. The number of hydrogen-bond donors (Lipinski definition) is 2. The number of fused-ring (bicyclic) bond motifs is 3. The largest absolute Gasteiger partial charge is 0.347 e. The molecule has 0 amide bonds. The van der Waals surface area contributed by atoms with Crippen molar-refractivity contribution in [3.05, 3.63) is 32.5 Å². The molecule has 2 aromatic heterocycles. The third-order valence-electron chi connectivity index (χ3n) is 2.31. The van der Waals surface area contributed by atoms with E-state index in [4.69, 9.17) is 0 Å². The van der Waals surface area contributed by atoms with Crippen molar-refractivity contribution in [1.29, 1.82) is 0 Å². The first-order valence-corrected chi connectivity index (χ1v) is 5.57. The summed E-state index contributed by atoms with van der Waals surface area (Å²) in [5.74, 6) is 0.0684. The minimum absolute atomic E-state index is 0.0684. The van der Waals surface area contributed by atoms with E-state index in [0.717, 1.165) is 31.7 Å². The number of carbonyl (C=O) groups is 1. The molecule has 0 fully saturated rings. The molecule has 0 spiro atoms. The fourth-order valence-corrected chi connectivity index (χ4v) is 2.60. The maximum atomic E-state index is 11.8. The second-order valence-corrected chi connectivity index (χ2v) is 4.85. The molecule has 1 aliphatic rings. The van der Waals surface area contributed by atoms with Crippen molar-refractivity contribution < 1.29 is 4.79 Å². The fraction of sp³-hybridized carbons (Fsp3) is 0. The second-order valence-electron chi connectivity index (χ2n) is 3.14. The molecule has 0 aliphatic heterocycles. The summed E-state index contributed by atoms with van der Waals surface area (Å²) in [7, 11) is 0. The third-order valence-corrected chi connectivity index (χ3v) is 3.16. The number of nitrogens with one attached hydrogen (secondary N) is 2. The van der Waals surface area contributed by atoms with Gasteiger partial charge in [0.25, 0.3) is 0 Å². The van der Waals surface area contributed by atoms with Crippen molar-refractivity contribution in [1.82, 2.24) is 9.97 Å². The lowest BCUT2D eigenvalue weighted by molar-refractivity contribution is 0.104. The van der Waals surface area contributed by atoms with Crippen LogP contribution < -0.4 is 0 Å². The van der Waals surface area contributed by atoms with Crippen LogP contribution in [0.4, 0.5) is 0 Å². The molecular weight excluding hydrogens is 312 g/mol. The average Bonchev–Trinajstić information content (AvgIpc) is 2.71. The Morgan fingerprint density at radius 1 is 0.929 bits per heavy atom. The maximum absolute atomic E-state index is 11.8. The van der Waals surface area contributed by atoms with Crippen LogP contribution in [0.15, 0.2) is 21.3 Å². The number of H-pyrrole nitrogens is 2. The first-order chi connectivity index (χ1) is 6.66. The van der Waals surface area contributed by atoms with Crippen LogP contribution in [0, 0.1) is 0 Å². The van der Waals surface area contributed by atoms with Crippen molar-refractivity contribution >= 4 is 37.6 Å². The summed E-state index contributed by atoms with van der Waals surface area (Å²) in [4.78, 5) is 18.0. The van der Waals surface area contributed by atoms with Crippen LogP contribution in [-0.4, -0.2) is 15.8 Å². The van der Waals surface area contributed by atoms with Gasteiger partial charge in [-0.1, -0.05) is 0 Å². The first kappa shape index (κ1) is 8.49. The number of aromatic nitrogens is 2. The van der Waals surface area contributed by atoms with Crippen molar-refractivity contribution in [3.63, 3.8) is 0 Å². The molecule has 0 unspecified atom stereocenters. The van der Waals surface area contributed by atoms with Crippen molar-refractivity contribution in [2.75, 3.05) is 0 Å². The SMILES string of the molecule is O=C1c2cc(Br)[nH]c2-c2[nH]c(Br)cc21. The molecule has 0 aromatic carbocycles. The molecule has 3 nitrogen and oxygen atoms in total. The van der Waals surface area contributed by atoms with E-state index in [1.165, 1.54) is 0 Å². The third kappa shape index (κ3) is 0.938. The number of ketones is 1. The molecule has 0 saturated heterocycles. The van der Waals surface area contributed by atoms with Gasteiger partial charge in [-0.25, -0.2) is 0 Å². The minimum atomic E-state index is 0.0684. The molecule has 1 aliphatic carbocycles. The number of hydrogen-bond acceptors (Lipinski definition) is 1. The maximum Gasteiger partial charge on any atom is 0.197 e. The van der Waals surface area contributed by atoms with Gasteiger partial charge in [0.2, 0.25) is 0 Å². The van der Waals surface area contributed by atoms with Crippen LogP contribution in [-0.2, 0) is 0 Å². The Kier molecular flexibility index (Phi) is 1.58. The summed E-state index contributed by atoms with van der Waals surface area (Å²) in [5, 5.41) is 0. The van der Waals surface area contributed by atoms with Crippen molar-refractivity contribution in [2.45, 2.75) is 0 Å². The smallest absolute Gasteiger partial charge is 0.197 e. The van der Waals surface area contributed by atoms with Gasteiger partial charge >= 0.3 is 0 Å². The standard InChI is InChI=1S/C9H4Br2N2O/c10-5-1-3-7(12-5)8-4(9(3)14)2-6(11)13-8/h1-2,12-13H. The van der Waals surface area contributed by atoms with Crippen LogP contribution in [0.3, 0.4) is 0 Å². The summed E-state index contributed by atoms with van der Waals surface area (Å²) >= 11 is 6.62. The molecule has 2 heterocycles. The quantitative estimate of drug-likeness (QED) is 0.658. The van der Waals surface area contributed by atoms with E-state index < -0.39 is 0 Å². The highest BCUT2D eigenvalue weighted by molar-refractivity contribution is 9.10. The molecule has 0 bridgehead atoms. The van der Waals surface area contributed by atoms with Crippen LogP contribution in [0.1, 0.15) is 15.9 Å². The molecule has 5 heteroatoms. The van der Waals surface area contributed by atoms with Gasteiger partial charge in [-0.3, -0.25) is 4.79 Å². The summed E-state index contributed by atoms with van der Waals surface area (Å²) < 4.78 is 1.65. The highest BCUT2D eigenvalue weighted by Crippen LogP contribution is 2.38. The number of halogens is 2. The Morgan fingerprint density at radius 2 is 1.36 bits per heavy atom. The average molecular weight is 316 g/mol. The number of carbonyl (C=O) groups excluding carboxylic acids is 1. The topological polar surface area (TPSA) is 48.6 Å². The summed E-state index contributed by atoms with van der Waals surface area (Å²) in [5.41, 5.74) is 3.18. The Bertz CT molecular complexity index is 505. The zero-order chi connectivity index (χ0) is 9.87. The Labute approximate surface area is 96.2 Å². The van der Waals surface area contributed by atoms with Crippen LogP contribution >= 0.6 is 31.9 Å². The Hall–Kier alpha value is -0.810. The monoisotopic (exact) mass is 314 g/mol. The molecule has 14 heavy (non-hydrogen) atoms. The highest BCUT2D eigenvalue weighted by Gasteiger charge is 2.30. The highest BCUT2D eigenvalue weighted by atomic mass is 79.9. The van der Waals surface area contributed by atoms with E-state index in [-0.39, 0.29) is 5.78 Å². The van der Waals surface area contributed by atoms with E-state index >= 15 is 0 Å². The predicted octanol–water partition coefficient (Wildman–Crippen LogP) is 3.08. The van der Waals surface area contributed by atoms with Gasteiger partial charge in [-0.2, -0.15) is 0 Å². The van der Waals surface area contributed by atoms with Crippen LogP contribution in [0.2, 0.25) is 0 Å². The van der Waals surface area contributed by atoms with Crippen LogP contribution in [0.25, 0.3) is 11.4 Å². The predicted molar refractivity (Wildman–Crippen MR) is 59.4 cm³/mol. The minimum Gasteiger partial charge on any atom is -0.347 e. The number of rotatable bonds is 0. The van der Waals surface area contributed by atoms with Crippen molar-refractivity contribution in [2.24, 2.45) is 0 Å². The molecule has 0 atom stereocenters. The second kappa shape index (κ2) is 2.61. The van der Waals surface area contributed by atoms with Gasteiger partial charge < -0.3 is 9.97 Å². The Morgan fingerprint density at radius 3 is 1.79 bits per heavy atom. The molecule has 0 saturated carbocycles. The number of aromatic amines is 2. The zero-order valence-electron chi connectivity index (χ0n) is 6.82. The van der Waals surface area contributed by atoms with E-state index in [2.05, 4.69) is 41.8 Å². The van der Waals surface area contributed by atoms with Gasteiger partial charge in [0.1, 0.15) is 0 Å². The molecule has 3 rings (SSSR count).